The second-order valence-electron chi connectivity index (χ2n) is 6.60. The molecular formula is C24H16F3N3O. The van der Waals surface area contributed by atoms with Gasteiger partial charge in [-0.3, -0.25) is 4.98 Å². The summed E-state index contributed by atoms with van der Waals surface area (Å²) in [5.41, 5.74) is 1.00. The molecular weight excluding hydrogens is 403 g/mol. The summed E-state index contributed by atoms with van der Waals surface area (Å²) < 4.78 is 45.4. The van der Waals surface area contributed by atoms with E-state index < -0.39 is 17.4 Å². The number of rotatable bonds is 6. The fourth-order valence-corrected chi connectivity index (χ4v) is 2.90. The maximum absolute atomic E-state index is 13.2. The first-order valence-corrected chi connectivity index (χ1v) is 9.18. The van der Waals surface area contributed by atoms with Crippen molar-refractivity contribution in [1.29, 1.82) is 5.26 Å². The van der Waals surface area contributed by atoms with E-state index in [2.05, 4.69) is 16.4 Å². The van der Waals surface area contributed by atoms with Crippen molar-refractivity contribution in [1.82, 2.24) is 4.98 Å². The topological polar surface area (TPSA) is 50.3 Å². The molecule has 0 atom stereocenters. The molecule has 0 unspecified atom stereocenters. The average molecular weight is 419 g/mol. The molecule has 0 aliphatic rings. The zero-order valence-corrected chi connectivity index (χ0v) is 16.3. The van der Waals surface area contributed by atoms with Crippen LogP contribution in [0.1, 0.15) is 27.9 Å². The molecule has 0 saturated heterocycles. The van der Waals surface area contributed by atoms with Gasteiger partial charge < -0.3 is 4.74 Å². The Morgan fingerprint density at radius 2 is 1.87 bits per heavy atom. The van der Waals surface area contributed by atoms with Crippen molar-refractivity contribution in [2.75, 3.05) is 6.61 Å². The summed E-state index contributed by atoms with van der Waals surface area (Å²) in [5.74, 6) is 0.636. The molecule has 0 N–H and O–H groups in total. The number of benzene rings is 2. The number of pyridine rings is 1. The molecule has 154 valence electrons. The van der Waals surface area contributed by atoms with Crippen molar-refractivity contribution in [2.24, 2.45) is 0 Å². The molecule has 3 aromatic rings. The Morgan fingerprint density at radius 3 is 2.52 bits per heavy atom. The van der Waals surface area contributed by atoms with Crippen LogP contribution in [-0.4, -0.2) is 11.6 Å². The molecule has 7 heteroatoms. The molecule has 0 fully saturated rings. The molecule has 2 aromatic carbocycles. The number of nitrogens with zero attached hydrogens (tertiary/aromatic N) is 3. The highest BCUT2D eigenvalue weighted by Gasteiger charge is 2.33. The largest absolute Gasteiger partial charge is 0.493 e. The first-order chi connectivity index (χ1) is 14.8. The molecule has 0 saturated carbocycles. The third kappa shape index (κ3) is 5.29. The van der Waals surface area contributed by atoms with Crippen LogP contribution < -0.4 is 4.74 Å². The van der Waals surface area contributed by atoms with Crippen LogP contribution in [0.15, 0.2) is 67.4 Å². The van der Waals surface area contributed by atoms with Crippen LogP contribution in [-0.2, 0) is 12.6 Å². The quantitative estimate of drug-likeness (QED) is 0.447. The van der Waals surface area contributed by atoms with Gasteiger partial charge in [-0.1, -0.05) is 24.8 Å². The second-order valence-corrected chi connectivity index (χ2v) is 6.60. The van der Waals surface area contributed by atoms with Gasteiger partial charge in [-0.15, -0.1) is 0 Å². The SMILES string of the molecule is [C-]#[N+]c1ccc(C(=C)c2cc(CCOc3ccc(C#N)cc3)ccn2)cc1C(F)(F)F. The van der Waals surface area contributed by atoms with Crippen molar-refractivity contribution in [3.8, 4) is 11.8 Å². The minimum absolute atomic E-state index is 0.248. The van der Waals surface area contributed by atoms with Crippen LogP contribution in [0.5, 0.6) is 5.75 Å². The Bertz CT molecular complexity index is 1190. The van der Waals surface area contributed by atoms with Crippen LogP contribution in [0.4, 0.5) is 18.9 Å². The lowest BCUT2D eigenvalue weighted by Crippen LogP contribution is -2.06. The highest BCUT2D eigenvalue weighted by Crippen LogP contribution is 2.38. The standard InChI is InChI=1S/C24H16F3N3O/c1-16(19-5-8-22(29-2)21(14-19)24(25,26)27)23-13-17(9-11-30-23)10-12-31-20-6-3-18(15-28)4-7-20/h3-9,11,13-14H,1,10,12H2. The number of alkyl halides is 3. The summed E-state index contributed by atoms with van der Waals surface area (Å²) in [6.07, 6.45) is -2.52. The van der Waals surface area contributed by atoms with Crippen molar-refractivity contribution in [3.63, 3.8) is 0 Å². The fraction of sp³-hybridized carbons (Fsp3) is 0.125. The van der Waals surface area contributed by atoms with Gasteiger partial charge in [0.15, 0.2) is 5.69 Å². The molecule has 0 bridgehead atoms. The van der Waals surface area contributed by atoms with E-state index in [-0.39, 0.29) is 5.56 Å². The van der Waals surface area contributed by atoms with Gasteiger partial charge in [-0.2, -0.15) is 18.4 Å². The highest BCUT2D eigenvalue weighted by molar-refractivity contribution is 5.78. The zero-order chi connectivity index (χ0) is 22.4. The smallest absolute Gasteiger partial charge is 0.407 e. The number of hydrogen-bond donors (Lipinski definition) is 0. The summed E-state index contributed by atoms with van der Waals surface area (Å²) >= 11 is 0. The molecule has 0 radical (unpaired) electrons. The van der Waals surface area contributed by atoms with E-state index in [0.29, 0.717) is 35.6 Å². The van der Waals surface area contributed by atoms with Crippen LogP contribution in [0, 0.1) is 17.9 Å². The average Bonchev–Trinajstić information content (AvgIpc) is 2.78. The number of halogens is 3. The highest BCUT2D eigenvalue weighted by atomic mass is 19.4. The minimum atomic E-state index is -4.63. The predicted molar refractivity (Wildman–Crippen MR) is 110 cm³/mol. The molecule has 0 amide bonds. The summed E-state index contributed by atoms with van der Waals surface area (Å²) in [4.78, 5) is 7.17. The Morgan fingerprint density at radius 1 is 1.13 bits per heavy atom. The first-order valence-electron chi connectivity index (χ1n) is 9.18. The van der Waals surface area contributed by atoms with E-state index in [9.17, 15) is 13.2 Å². The lowest BCUT2D eigenvalue weighted by molar-refractivity contribution is -0.136. The van der Waals surface area contributed by atoms with Crippen LogP contribution in [0.3, 0.4) is 0 Å². The maximum atomic E-state index is 13.2. The van der Waals surface area contributed by atoms with Crippen LogP contribution in [0.2, 0.25) is 0 Å². The Hall–Kier alpha value is -4.10. The van der Waals surface area contributed by atoms with Gasteiger partial charge in [0.1, 0.15) is 5.75 Å². The third-order valence-corrected chi connectivity index (χ3v) is 4.55. The minimum Gasteiger partial charge on any atom is -0.493 e. The van der Waals surface area contributed by atoms with Crippen molar-refractivity contribution in [2.45, 2.75) is 12.6 Å². The number of nitriles is 1. The van der Waals surface area contributed by atoms with E-state index in [4.69, 9.17) is 16.6 Å². The first kappa shape index (κ1) is 21.6. The molecule has 0 spiro atoms. The van der Waals surface area contributed by atoms with Crippen molar-refractivity contribution >= 4 is 11.3 Å². The Kier molecular flexibility index (Phi) is 6.37. The second kappa shape index (κ2) is 9.15. The van der Waals surface area contributed by atoms with Crippen molar-refractivity contribution in [3.05, 3.63) is 107 Å². The summed E-state index contributed by atoms with van der Waals surface area (Å²) in [7, 11) is 0. The maximum Gasteiger partial charge on any atom is 0.407 e. The van der Waals surface area contributed by atoms with Gasteiger partial charge in [0.05, 0.1) is 36.1 Å². The molecule has 0 aliphatic heterocycles. The van der Waals surface area contributed by atoms with Crippen molar-refractivity contribution < 1.29 is 17.9 Å². The lowest BCUT2D eigenvalue weighted by atomic mass is 9.99. The summed E-state index contributed by atoms with van der Waals surface area (Å²) in [6, 6.07) is 15.8. The lowest BCUT2D eigenvalue weighted by Gasteiger charge is -2.13. The molecule has 1 heterocycles. The molecule has 0 aliphatic carbocycles. The summed E-state index contributed by atoms with van der Waals surface area (Å²) in [6.45, 7) is 11.2. The number of hydrogen-bond acceptors (Lipinski definition) is 3. The van der Waals surface area contributed by atoms with Crippen LogP contribution >= 0.6 is 0 Å². The normalized spacial score (nSPS) is 10.7. The Labute approximate surface area is 177 Å². The van der Waals surface area contributed by atoms with Gasteiger partial charge in [0, 0.05) is 18.2 Å². The van der Waals surface area contributed by atoms with E-state index in [0.717, 1.165) is 17.7 Å². The molecule has 1 aromatic heterocycles. The van der Waals surface area contributed by atoms with Gasteiger partial charge in [0.25, 0.3) is 0 Å². The monoisotopic (exact) mass is 419 g/mol. The van der Waals surface area contributed by atoms with Gasteiger partial charge in [0.2, 0.25) is 0 Å². The Balaban J connectivity index is 1.73. The zero-order valence-electron chi connectivity index (χ0n) is 16.3. The number of ether oxygens (including phenoxy) is 1. The number of aromatic nitrogens is 1. The van der Waals surface area contributed by atoms with E-state index in [1.807, 2.05) is 6.07 Å². The van der Waals surface area contributed by atoms with E-state index in [1.165, 1.54) is 6.07 Å². The predicted octanol–water partition coefficient (Wildman–Crippen LogP) is 6.21. The van der Waals surface area contributed by atoms with E-state index >= 15 is 0 Å². The van der Waals surface area contributed by atoms with Gasteiger partial charge in [-0.05, 0) is 47.5 Å². The van der Waals surface area contributed by atoms with Crippen LogP contribution in [0.25, 0.3) is 10.4 Å². The van der Waals surface area contributed by atoms with Gasteiger partial charge in [-0.25, -0.2) is 4.85 Å². The fourth-order valence-electron chi connectivity index (χ4n) is 2.90. The molecule has 31 heavy (non-hydrogen) atoms. The van der Waals surface area contributed by atoms with E-state index in [1.54, 1.807) is 42.6 Å². The molecule has 3 rings (SSSR count). The van der Waals surface area contributed by atoms with Gasteiger partial charge >= 0.3 is 6.18 Å². The third-order valence-electron chi connectivity index (χ3n) is 4.55. The summed E-state index contributed by atoms with van der Waals surface area (Å²) in [5, 5.41) is 8.81. The molecule has 4 nitrogen and oxygen atoms in total.